The Morgan fingerprint density at radius 3 is 2.50 bits per heavy atom. The van der Waals surface area contributed by atoms with Crippen molar-refractivity contribution in [1.29, 1.82) is 0 Å². The molecule has 0 unspecified atom stereocenters. The fourth-order valence-electron chi connectivity index (χ4n) is 1.27. The van der Waals surface area contributed by atoms with Gasteiger partial charge in [0.2, 0.25) is 0 Å². The molecule has 0 amide bonds. The summed E-state index contributed by atoms with van der Waals surface area (Å²) in [6.45, 7) is 6.29. The summed E-state index contributed by atoms with van der Waals surface area (Å²) in [6, 6.07) is 7.73. The zero-order valence-corrected chi connectivity index (χ0v) is 9.44. The highest BCUT2D eigenvalue weighted by Crippen LogP contribution is 2.11. The van der Waals surface area contributed by atoms with Crippen LogP contribution in [0.3, 0.4) is 0 Å². The minimum absolute atomic E-state index is 0.276. The van der Waals surface area contributed by atoms with Gasteiger partial charge in [0.25, 0.3) is 0 Å². The minimum atomic E-state index is -0.276. The van der Waals surface area contributed by atoms with Gasteiger partial charge in [-0.3, -0.25) is 4.79 Å². The lowest BCUT2D eigenvalue weighted by Crippen LogP contribution is -2.03. The highest BCUT2D eigenvalue weighted by Gasteiger charge is 2.03. The predicted molar refractivity (Wildman–Crippen MR) is 61.8 cm³/mol. The van der Waals surface area contributed by atoms with E-state index in [1.807, 2.05) is 24.3 Å². The van der Waals surface area contributed by atoms with Crippen LogP contribution in [0.25, 0.3) is 0 Å². The number of esters is 1. The molecule has 1 aromatic rings. The van der Waals surface area contributed by atoms with Crippen LogP contribution in [-0.2, 0) is 27.5 Å². The lowest BCUT2D eigenvalue weighted by molar-refractivity contribution is -0.142. The predicted octanol–water partition coefficient (Wildman–Crippen LogP) is 2.45. The largest absolute Gasteiger partial charge is 0.461 e. The van der Waals surface area contributed by atoms with E-state index in [9.17, 15) is 4.79 Å². The molecule has 0 aliphatic carbocycles. The number of benzene rings is 1. The molecule has 0 bridgehead atoms. The Kier molecular flexibility index (Phi) is 5.29. The molecule has 0 heterocycles. The number of hydrogen-bond acceptors (Lipinski definition) is 3. The highest BCUT2D eigenvalue weighted by atomic mass is 16.5. The second kappa shape index (κ2) is 6.80. The van der Waals surface area contributed by atoms with Crippen molar-refractivity contribution in [2.45, 2.75) is 20.1 Å². The number of ether oxygens (including phenoxy) is 2. The van der Waals surface area contributed by atoms with E-state index in [-0.39, 0.29) is 5.97 Å². The molecule has 16 heavy (non-hydrogen) atoms. The lowest BCUT2D eigenvalue weighted by Gasteiger charge is -2.09. The minimum Gasteiger partial charge on any atom is -0.461 e. The topological polar surface area (TPSA) is 35.5 Å². The van der Waals surface area contributed by atoms with E-state index in [0.29, 0.717) is 19.8 Å². The average Bonchev–Trinajstić information content (AvgIpc) is 2.28. The van der Waals surface area contributed by atoms with E-state index in [4.69, 9.17) is 9.47 Å². The van der Waals surface area contributed by atoms with Crippen LogP contribution in [0.5, 0.6) is 0 Å². The quantitative estimate of drug-likeness (QED) is 0.419. The molecule has 0 aliphatic rings. The van der Waals surface area contributed by atoms with Gasteiger partial charge in [-0.1, -0.05) is 30.3 Å². The van der Waals surface area contributed by atoms with Crippen molar-refractivity contribution in [1.82, 2.24) is 0 Å². The van der Waals surface area contributed by atoms with Gasteiger partial charge in [-0.25, -0.2) is 0 Å². The summed E-state index contributed by atoms with van der Waals surface area (Å²) in [5.74, 6) is -0.276. The van der Waals surface area contributed by atoms with E-state index >= 15 is 0 Å². The van der Waals surface area contributed by atoms with Gasteiger partial charge in [0.15, 0.2) is 0 Å². The summed E-state index contributed by atoms with van der Waals surface area (Å²) >= 11 is 0. The normalized spacial score (nSPS) is 9.81. The Morgan fingerprint density at radius 2 is 1.94 bits per heavy atom. The van der Waals surface area contributed by atoms with Gasteiger partial charge in [-0.15, -0.1) is 6.58 Å². The summed E-state index contributed by atoms with van der Waals surface area (Å²) < 4.78 is 10.3. The Balaban J connectivity index is 2.59. The molecule has 3 nitrogen and oxygen atoms in total. The molecular formula is C13H16O3. The molecule has 0 radical (unpaired) electrons. The zero-order chi connectivity index (χ0) is 11.8. The van der Waals surface area contributed by atoms with Crippen molar-refractivity contribution < 1.29 is 14.3 Å². The molecule has 0 spiro atoms. The van der Waals surface area contributed by atoms with Crippen molar-refractivity contribution >= 4 is 5.97 Å². The molecule has 0 atom stereocenters. The van der Waals surface area contributed by atoms with Crippen LogP contribution in [0.15, 0.2) is 36.9 Å². The Labute approximate surface area is 95.7 Å². The Morgan fingerprint density at radius 1 is 1.31 bits per heavy atom. The van der Waals surface area contributed by atoms with Crippen molar-refractivity contribution in [3.05, 3.63) is 48.0 Å². The van der Waals surface area contributed by atoms with Gasteiger partial charge in [0.1, 0.15) is 6.61 Å². The maximum atomic E-state index is 10.7. The summed E-state index contributed by atoms with van der Waals surface area (Å²) in [5, 5.41) is 0. The molecule has 0 saturated heterocycles. The summed E-state index contributed by atoms with van der Waals surface area (Å²) in [7, 11) is 0. The Bertz CT molecular complexity index is 358. The molecule has 0 saturated carbocycles. The van der Waals surface area contributed by atoms with Gasteiger partial charge in [0, 0.05) is 6.92 Å². The summed E-state index contributed by atoms with van der Waals surface area (Å²) in [4.78, 5) is 10.7. The van der Waals surface area contributed by atoms with Crippen molar-refractivity contribution in [2.75, 3.05) is 6.61 Å². The number of carbonyl (C=O) groups excluding carboxylic acids is 1. The molecule has 0 N–H and O–H groups in total. The van der Waals surface area contributed by atoms with Crippen LogP contribution < -0.4 is 0 Å². The van der Waals surface area contributed by atoms with Gasteiger partial charge < -0.3 is 9.47 Å². The lowest BCUT2D eigenvalue weighted by atomic mass is 10.1. The number of hydrogen-bond donors (Lipinski definition) is 0. The third-order valence-electron chi connectivity index (χ3n) is 2.04. The summed E-state index contributed by atoms with van der Waals surface area (Å²) in [6.07, 6.45) is 1.70. The van der Waals surface area contributed by atoms with Crippen molar-refractivity contribution in [3.8, 4) is 0 Å². The molecule has 3 heteroatoms. The maximum absolute atomic E-state index is 10.7. The maximum Gasteiger partial charge on any atom is 0.302 e. The smallest absolute Gasteiger partial charge is 0.302 e. The van der Waals surface area contributed by atoms with E-state index in [1.165, 1.54) is 6.92 Å². The molecule has 0 aromatic heterocycles. The van der Waals surface area contributed by atoms with E-state index in [0.717, 1.165) is 11.1 Å². The standard InChI is InChI=1S/C13H16O3/c1-3-8-15-9-12-6-4-5-7-13(12)10-16-11(2)14/h3-7H,1,8-10H2,2H3. The fraction of sp³-hybridized carbons (Fsp3) is 0.308. The fourth-order valence-corrected chi connectivity index (χ4v) is 1.27. The second-order valence-corrected chi connectivity index (χ2v) is 3.35. The third kappa shape index (κ3) is 4.28. The van der Waals surface area contributed by atoms with Gasteiger partial charge >= 0.3 is 5.97 Å². The van der Waals surface area contributed by atoms with Crippen LogP contribution in [0.2, 0.25) is 0 Å². The monoisotopic (exact) mass is 220 g/mol. The van der Waals surface area contributed by atoms with E-state index < -0.39 is 0 Å². The first kappa shape index (κ1) is 12.5. The SMILES string of the molecule is C=CCOCc1ccccc1COC(C)=O. The second-order valence-electron chi connectivity index (χ2n) is 3.35. The third-order valence-corrected chi connectivity index (χ3v) is 2.04. The Hall–Kier alpha value is -1.61. The average molecular weight is 220 g/mol. The molecule has 1 aromatic carbocycles. The molecule has 0 aliphatic heterocycles. The van der Waals surface area contributed by atoms with Gasteiger partial charge in [-0.2, -0.15) is 0 Å². The first-order valence-electron chi connectivity index (χ1n) is 5.13. The summed E-state index contributed by atoms with van der Waals surface area (Å²) in [5.41, 5.74) is 2.01. The van der Waals surface area contributed by atoms with E-state index in [1.54, 1.807) is 6.08 Å². The number of carbonyl (C=O) groups is 1. The highest BCUT2D eigenvalue weighted by molar-refractivity contribution is 5.65. The zero-order valence-electron chi connectivity index (χ0n) is 9.44. The molecule has 86 valence electrons. The van der Waals surface area contributed by atoms with E-state index in [2.05, 4.69) is 6.58 Å². The first-order chi connectivity index (χ1) is 7.74. The molecule has 0 fully saturated rings. The van der Waals surface area contributed by atoms with Crippen molar-refractivity contribution in [2.24, 2.45) is 0 Å². The number of rotatable bonds is 6. The van der Waals surface area contributed by atoms with Crippen molar-refractivity contribution in [3.63, 3.8) is 0 Å². The van der Waals surface area contributed by atoms with Crippen LogP contribution in [-0.4, -0.2) is 12.6 Å². The van der Waals surface area contributed by atoms with Crippen LogP contribution in [0, 0.1) is 0 Å². The van der Waals surface area contributed by atoms with Crippen LogP contribution >= 0.6 is 0 Å². The van der Waals surface area contributed by atoms with Gasteiger partial charge in [-0.05, 0) is 11.1 Å². The van der Waals surface area contributed by atoms with Crippen LogP contribution in [0.4, 0.5) is 0 Å². The van der Waals surface area contributed by atoms with Crippen LogP contribution in [0.1, 0.15) is 18.1 Å². The first-order valence-corrected chi connectivity index (χ1v) is 5.13. The molecular weight excluding hydrogens is 204 g/mol. The molecule has 1 rings (SSSR count). The van der Waals surface area contributed by atoms with Gasteiger partial charge in [0.05, 0.1) is 13.2 Å².